The predicted molar refractivity (Wildman–Crippen MR) is 87.3 cm³/mol. The van der Waals surface area contributed by atoms with Gasteiger partial charge in [-0.3, -0.25) is 9.59 Å². The van der Waals surface area contributed by atoms with E-state index in [0.29, 0.717) is 5.69 Å². The van der Waals surface area contributed by atoms with Crippen LogP contribution in [0.3, 0.4) is 0 Å². The van der Waals surface area contributed by atoms with Crippen molar-refractivity contribution in [2.45, 2.75) is 26.1 Å². The number of amidine groups is 1. The third kappa shape index (κ3) is 5.59. The van der Waals surface area contributed by atoms with Crippen molar-refractivity contribution in [1.29, 1.82) is 0 Å². The molecule has 10 heteroatoms. The fraction of sp³-hybridized carbons (Fsp3) is 0.400. The maximum absolute atomic E-state index is 13.0. The van der Waals surface area contributed by atoms with E-state index in [9.17, 15) is 18.4 Å². The Morgan fingerprint density at radius 1 is 1.28 bits per heavy atom. The molecule has 0 spiro atoms. The van der Waals surface area contributed by atoms with E-state index in [4.69, 9.17) is 4.74 Å². The largest absolute Gasteiger partial charge is 0.586 e. The second-order valence-corrected chi connectivity index (χ2v) is 5.57. The summed E-state index contributed by atoms with van der Waals surface area (Å²) in [5.41, 5.74) is 0.301. The summed E-state index contributed by atoms with van der Waals surface area (Å²) in [4.78, 5) is 27.2. The quantitative estimate of drug-likeness (QED) is 0.485. The van der Waals surface area contributed by atoms with Crippen LogP contribution >= 0.6 is 11.8 Å². The number of carbonyl (C=O) groups excluding carboxylic acids is 2. The van der Waals surface area contributed by atoms with Crippen LogP contribution in [0.1, 0.15) is 19.8 Å². The van der Waals surface area contributed by atoms with E-state index in [1.807, 2.05) is 0 Å². The number of esters is 1. The van der Waals surface area contributed by atoms with Gasteiger partial charge in [0.1, 0.15) is 0 Å². The zero-order chi connectivity index (χ0) is 18.4. The van der Waals surface area contributed by atoms with Gasteiger partial charge in [-0.2, -0.15) is 0 Å². The zero-order valence-electron chi connectivity index (χ0n) is 13.5. The third-order valence-corrected chi connectivity index (χ3v) is 3.50. The van der Waals surface area contributed by atoms with E-state index < -0.39 is 18.2 Å². The fourth-order valence-electron chi connectivity index (χ4n) is 1.88. The normalized spacial score (nSPS) is 15.0. The molecule has 0 unspecified atom stereocenters. The fourth-order valence-corrected chi connectivity index (χ4v) is 2.29. The van der Waals surface area contributed by atoms with E-state index in [0.717, 1.165) is 11.8 Å². The number of hydrogen-bond acceptors (Lipinski definition) is 7. The number of nitrogens with zero attached hydrogens (tertiary/aromatic N) is 1. The average molecular weight is 374 g/mol. The second kappa shape index (κ2) is 8.15. The van der Waals surface area contributed by atoms with Crippen LogP contribution in [-0.2, 0) is 14.3 Å². The van der Waals surface area contributed by atoms with Crippen LogP contribution < -0.4 is 14.8 Å². The van der Waals surface area contributed by atoms with Gasteiger partial charge >= 0.3 is 12.3 Å². The molecule has 7 nitrogen and oxygen atoms in total. The van der Waals surface area contributed by atoms with Crippen LogP contribution in [0.15, 0.2) is 23.2 Å². The standard InChI is InChI=1S/C15H16F2N2O5S/c1-3-22-13(21)7-6-12(20)19-14(25-2)18-9-4-5-10-11(8-9)24-15(16,17)23-10/h4-5,8H,3,6-7H2,1-2H3,(H,18,19,20). The van der Waals surface area contributed by atoms with Gasteiger partial charge < -0.3 is 19.5 Å². The number of hydrogen-bond donors (Lipinski definition) is 1. The number of amides is 1. The van der Waals surface area contributed by atoms with E-state index in [-0.39, 0.29) is 36.1 Å². The number of alkyl halides is 2. The Hall–Kier alpha value is -2.36. The molecule has 0 fully saturated rings. The van der Waals surface area contributed by atoms with E-state index in [2.05, 4.69) is 19.8 Å². The highest BCUT2D eigenvalue weighted by atomic mass is 32.2. The summed E-state index contributed by atoms with van der Waals surface area (Å²) in [6.07, 6.45) is -2.11. The van der Waals surface area contributed by atoms with Crippen molar-refractivity contribution >= 4 is 34.5 Å². The first-order valence-electron chi connectivity index (χ1n) is 7.31. The van der Waals surface area contributed by atoms with E-state index >= 15 is 0 Å². The molecule has 1 aromatic rings. The summed E-state index contributed by atoms with van der Waals surface area (Å²) >= 11 is 1.15. The van der Waals surface area contributed by atoms with Crippen LogP contribution in [0.25, 0.3) is 0 Å². The van der Waals surface area contributed by atoms with Gasteiger partial charge in [0.25, 0.3) is 0 Å². The maximum atomic E-state index is 13.0. The Morgan fingerprint density at radius 2 is 2.00 bits per heavy atom. The van der Waals surface area contributed by atoms with Gasteiger partial charge in [0.05, 0.1) is 18.7 Å². The molecule has 1 aliphatic heterocycles. The number of rotatable bonds is 5. The average Bonchev–Trinajstić information content (AvgIpc) is 2.85. The Morgan fingerprint density at radius 3 is 2.68 bits per heavy atom. The van der Waals surface area contributed by atoms with Gasteiger partial charge in [0.15, 0.2) is 16.7 Å². The monoisotopic (exact) mass is 374 g/mol. The Bertz CT molecular complexity index is 696. The molecule has 1 aliphatic rings. The third-order valence-electron chi connectivity index (χ3n) is 2.92. The number of nitrogens with one attached hydrogen (secondary N) is 1. The van der Waals surface area contributed by atoms with Crippen molar-refractivity contribution in [3.63, 3.8) is 0 Å². The molecule has 0 saturated heterocycles. The molecule has 1 N–H and O–H groups in total. The van der Waals surface area contributed by atoms with Crippen molar-refractivity contribution in [3.8, 4) is 11.5 Å². The predicted octanol–water partition coefficient (Wildman–Crippen LogP) is 2.82. The van der Waals surface area contributed by atoms with Crippen molar-refractivity contribution < 1.29 is 32.6 Å². The summed E-state index contributed by atoms with van der Waals surface area (Å²) in [5, 5.41) is 2.79. The van der Waals surface area contributed by atoms with E-state index in [1.54, 1.807) is 13.2 Å². The van der Waals surface area contributed by atoms with Crippen LogP contribution in [0.2, 0.25) is 0 Å². The van der Waals surface area contributed by atoms with Gasteiger partial charge in [0, 0.05) is 12.5 Å². The molecule has 1 heterocycles. The summed E-state index contributed by atoms with van der Waals surface area (Å²) in [5.74, 6) is -1.10. The summed E-state index contributed by atoms with van der Waals surface area (Å²) in [7, 11) is 0. The lowest BCUT2D eigenvalue weighted by atomic mass is 10.3. The number of aliphatic imine (C=N–C) groups is 1. The Kier molecular flexibility index (Phi) is 6.18. The highest BCUT2D eigenvalue weighted by Crippen LogP contribution is 2.42. The number of fused-ring (bicyclic) bond motifs is 1. The smallest absolute Gasteiger partial charge is 0.466 e. The highest BCUT2D eigenvalue weighted by Gasteiger charge is 2.43. The molecule has 0 saturated carbocycles. The van der Waals surface area contributed by atoms with Crippen molar-refractivity contribution in [3.05, 3.63) is 18.2 Å². The molecule has 25 heavy (non-hydrogen) atoms. The van der Waals surface area contributed by atoms with Crippen molar-refractivity contribution in [2.24, 2.45) is 4.99 Å². The number of thioether (sulfide) groups is 1. The number of ether oxygens (including phenoxy) is 3. The number of benzene rings is 1. The van der Waals surface area contributed by atoms with Gasteiger partial charge in [-0.25, -0.2) is 4.99 Å². The van der Waals surface area contributed by atoms with E-state index in [1.165, 1.54) is 18.2 Å². The van der Waals surface area contributed by atoms with Gasteiger partial charge in [0.2, 0.25) is 5.91 Å². The molecule has 0 atom stereocenters. The molecule has 1 amide bonds. The lowest BCUT2D eigenvalue weighted by molar-refractivity contribution is -0.286. The number of carbonyl (C=O) groups is 2. The molecule has 2 rings (SSSR count). The van der Waals surface area contributed by atoms with Crippen molar-refractivity contribution in [1.82, 2.24) is 5.32 Å². The molecule has 0 bridgehead atoms. The lowest BCUT2D eigenvalue weighted by Crippen LogP contribution is -2.28. The van der Waals surface area contributed by atoms with Gasteiger partial charge in [-0.15, -0.1) is 8.78 Å². The summed E-state index contributed by atoms with van der Waals surface area (Å²) < 4.78 is 39.4. The highest BCUT2D eigenvalue weighted by molar-refractivity contribution is 8.13. The number of halogens is 2. The van der Waals surface area contributed by atoms with Crippen LogP contribution in [0, 0.1) is 0 Å². The minimum absolute atomic E-state index is 0.0412. The summed E-state index contributed by atoms with van der Waals surface area (Å²) in [6.45, 7) is 1.93. The molecule has 0 aromatic heterocycles. The lowest BCUT2D eigenvalue weighted by Gasteiger charge is -2.07. The first-order valence-corrected chi connectivity index (χ1v) is 8.53. The zero-order valence-corrected chi connectivity index (χ0v) is 14.3. The Labute approximate surface area is 146 Å². The Balaban J connectivity index is 1.99. The molecular weight excluding hydrogens is 358 g/mol. The minimum Gasteiger partial charge on any atom is -0.466 e. The molecule has 1 aromatic carbocycles. The second-order valence-electron chi connectivity index (χ2n) is 4.77. The SMILES string of the molecule is CCOC(=O)CCC(=O)N/C(=N/c1ccc2c(c1)OC(F)(F)O2)SC. The maximum Gasteiger partial charge on any atom is 0.586 e. The van der Waals surface area contributed by atoms with Gasteiger partial charge in [-0.1, -0.05) is 11.8 Å². The van der Waals surface area contributed by atoms with Crippen molar-refractivity contribution in [2.75, 3.05) is 12.9 Å². The first-order chi connectivity index (χ1) is 11.8. The molecular formula is C15H16F2N2O5S. The molecule has 0 aliphatic carbocycles. The van der Waals surface area contributed by atoms with Gasteiger partial charge in [-0.05, 0) is 25.3 Å². The topological polar surface area (TPSA) is 86.2 Å². The van der Waals surface area contributed by atoms with Crippen LogP contribution in [-0.4, -0.2) is 36.2 Å². The molecule has 0 radical (unpaired) electrons. The minimum atomic E-state index is -3.70. The first kappa shape index (κ1) is 19.0. The molecule has 136 valence electrons. The van der Waals surface area contributed by atoms with Crippen LogP contribution in [0.4, 0.5) is 14.5 Å². The van der Waals surface area contributed by atoms with Crippen LogP contribution in [0.5, 0.6) is 11.5 Å². The summed E-state index contributed by atoms with van der Waals surface area (Å²) in [6, 6.07) is 4.03.